The van der Waals surface area contributed by atoms with Gasteiger partial charge in [0.05, 0.1) is 22.2 Å². The van der Waals surface area contributed by atoms with E-state index in [4.69, 9.17) is 14.4 Å². The van der Waals surface area contributed by atoms with Crippen molar-refractivity contribution in [2.45, 2.75) is 0 Å². The fourth-order valence-electron chi connectivity index (χ4n) is 7.22. The third kappa shape index (κ3) is 3.55. The molecule has 0 fully saturated rings. The van der Waals surface area contributed by atoms with Crippen LogP contribution in [0, 0.1) is 0 Å². The van der Waals surface area contributed by atoms with Crippen LogP contribution in [0.3, 0.4) is 0 Å². The summed E-state index contributed by atoms with van der Waals surface area (Å²) in [6.07, 6.45) is 1.88. The third-order valence-corrected chi connectivity index (χ3v) is 9.22. The van der Waals surface area contributed by atoms with E-state index in [1.165, 1.54) is 21.7 Å². The lowest BCUT2D eigenvalue weighted by molar-refractivity contribution is 0.668. The molecular weight excluding hydrogens is 562 g/mol. The number of nitrogens with zero attached hydrogens (tertiary/aromatic N) is 3. The van der Waals surface area contributed by atoms with Crippen LogP contribution in [0.1, 0.15) is 0 Å². The minimum Gasteiger partial charge on any atom is -0.454 e. The number of pyridine rings is 2. The van der Waals surface area contributed by atoms with Gasteiger partial charge < -0.3 is 8.98 Å². The second kappa shape index (κ2) is 9.62. The molecule has 0 aliphatic heterocycles. The van der Waals surface area contributed by atoms with Gasteiger partial charge in [-0.1, -0.05) is 109 Å². The monoisotopic (exact) mass is 587 g/mol. The number of rotatable bonds is 3. The van der Waals surface area contributed by atoms with E-state index < -0.39 is 0 Å². The van der Waals surface area contributed by atoms with Crippen molar-refractivity contribution >= 4 is 65.4 Å². The van der Waals surface area contributed by atoms with E-state index in [1.54, 1.807) is 0 Å². The van der Waals surface area contributed by atoms with Gasteiger partial charge >= 0.3 is 0 Å². The number of benzene rings is 6. The summed E-state index contributed by atoms with van der Waals surface area (Å²) in [5, 5.41) is 8.05. The summed E-state index contributed by atoms with van der Waals surface area (Å²) in [7, 11) is 0. The van der Waals surface area contributed by atoms with E-state index in [0.717, 1.165) is 71.9 Å². The van der Waals surface area contributed by atoms with Crippen LogP contribution in [-0.4, -0.2) is 14.5 Å². The predicted octanol–water partition coefficient (Wildman–Crippen LogP) is 11.1. The Hall–Kier alpha value is -6.26. The van der Waals surface area contributed by atoms with Gasteiger partial charge in [-0.25, -0.2) is 4.98 Å². The Bertz CT molecular complexity index is 2810. The normalized spacial score (nSPS) is 11.9. The van der Waals surface area contributed by atoms with Crippen molar-refractivity contribution in [1.29, 1.82) is 0 Å². The number of aromatic nitrogens is 3. The summed E-state index contributed by atoms with van der Waals surface area (Å²) in [5.74, 6) is 0. The van der Waals surface area contributed by atoms with Gasteiger partial charge in [-0.3, -0.25) is 4.98 Å². The summed E-state index contributed by atoms with van der Waals surface area (Å²) in [6.45, 7) is 0. The second-order valence-corrected chi connectivity index (χ2v) is 11.8. The molecule has 4 nitrogen and oxygen atoms in total. The Morgan fingerprint density at radius 1 is 0.500 bits per heavy atom. The molecule has 10 aromatic rings. The fraction of sp³-hybridized carbons (Fsp3) is 0. The maximum absolute atomic E-state index is 6.39. The molecule has 0 bridgehead atoms. The van der Waals surface area contributed by atoms with Crippen LogP contribution in [0.4, 0.5) is 0 Å². The van der Waals surface area contributed by atoms with Gasteiger partial charge in [0, 0.05) is 60.7 Å². The van der Waals surface area contributed by atoms with Crippen LogP contribution >= 0.6 is 0 Å². The van der Waals surface area contributed by atoms with E-state index >= 15 is 0 Å². The number of furan rings is 1. The van der Waals surface area contributed by atoms with E-state index in [9.17, 15) is 0 Å². The molecule has 46 heavy (non-hydrogen) atoms. The van der Waals surface area contributed by atoms with Crippen molar-refractivity contribution in [2.24, 2.45) is 0 Å². The molecule has 6 aromatic carbocycles. The van der Waals surface area contributed by atoms with Crippen molar-refractivity contribution in [2.75, 3.05) is 0 Å². The maximum Gasteiger partial charge on any atom is 0.161 e. The highest BCUT2D eigenvalue weighted by atomic mass is 16.3. The molecule has 0 N–H and O–H groups in total. The Kier molecular flexibility index (Phi) is 5.25. The average Bonchev–Trinajstić information content (AvgIpc) is 3.68. The first-order valence-corrected chi connectivity index (χ1v) is 15.5. The average molecular weight is 588 g/mol. The molecular formula is C42H25N3O. The van der Waals surface area contributed by atoms with Gasteiger partial charge in [0.15, 0.2) is 5.58 Å². The molecule has 214 valence electrons. The highest BCUT2D eigenvalue weighted by Crippen LogP contribution is 2.42. The highest BCUT2D eigenvalue weighted by molar-refractivity contribution is 6.27. The number of hydrogen-bond acceptors (Lipinski definition) is 3. The van der Waals surface area contributed by atoms with Crippen LogP contribution in [0.15, 0.2) is 156 Å². The van der Waals surface area contributed by atoms with Gasteiger partial charge in [0.1, 0.15) is 11.3 Å². The van der Waals surface area contributed by atoms with Crippen molar-refractivity contribution in [3.63, 3.8) is 0 Å². The zero-order valence-corrected chi connectivity index (χ0v) is 24.7. The minimum atomic E-state index is 0.804. The Morgan fingerprint density at radius 3 is 2.15 bits per heavy atom. The molecule has 0 saturated heterocycles. The molecule has 4 heteroatoms. The lowest BCUT2D eigenvalue weighted by atomic mass is 9.97. The summed E-state index contributed by atoms with van der Waals surface area (Å²) in [4.78, 5) is 10.1. The number of para-hydroxylation sites is 3. The summed E-state index contributed by atoms with van der Waals surface area (Å²) < 4.78 is 8.81. The van der Waals surface area contributed by atoms with E-state index in [1.807, 2.05) is 30.5 Å². The van der Waals surface area contributed by atoms with Gasteiger partial charge in [-0.05, 0) is 36.4 Å². The molecule has 0 radical (unpaired) electrons. The molecule has 0 amide bonds. The van der Waals surface area contributed by atoms with Crippen LogP contribution in [0.2, 0.25) is 0 Å². The van der Waals surface area contributed by atoms with Gasteiger partial charge in [-0.15, -0.1) is 0 Å². The van der Waals surface area contributed by atoms with Crippen LogP contribution in [0.5, 0.6) is 0 Å². The van der Waals surface area contributed by atoms with Crippen molar-refractivity contribution in [3.05, 3.63) is 152 Å². The zero-order chi connectivity index (χ0) is 30.2. The topological polar surface area (TPSA) is 43.9 Å². The van der Waals surface area contributed by atoms with Gasteiger partial charge in [0.25, 0.3) is 0 Å². The van der Waals surface area contributed by atoms with Crippen LogP contribution in [0.25, 0.3) is 93.6 Å². The molecule has 0 aliphatic rings. The standard InChI is InChI=1S/C42H25N3O/c1-2-11-26(12-3-1)39-34-22-21-31-29-15-5-8-19-36(29)45(41(31)38(34)33-17-4-7-18-35(33)44-39)28-14-10-13-27(25-28)40-42-32(23-24-43-40)30-16-6-9-20-37(30)46-42/h1-25H. The van der Waals surface area contributed by atoms with Crippen molar-refractivity contribution < 1.29 is 4.42 Å². The lowest BCUT2D eigenvalue weighted by Crippen LogP contribution is -1.97. The second-order valence-electron chi connectivity index (χ2n) is 11.8. The first-order chi connectivity index (χ1) is 22.8. The van der Waals surface area contributed by atoms with Crippen molar-refractivity contribution in [3.8, 4) is 28.2 Å². The van der Waals surface area contributed by atoms with E-state index in [2.05, 4.69) is 126 Å². The third-order valence-electron chi connectivity index (χ3n) is 9.22. The Morgan fingerprint density at radius 2 is 1.24 bits per heavy atom. The van der Waals surface area contributed by atoms with Gasteiger partial charge in [-0.2, -0.15) is 0 Å². The highest BCUT2D eigenvalue weighted by Gasteiger charge is 2.20. The number of hydrogen-bond donors (Lipinski definition) is 0. The predicted molar refractivity (Wildman–Crippen MR) is 190 cm³/mol. The van der Waals surface area contributed by atoms with Crippen LogP contribution < -0.4 is 0 Å². The summed E-state index contributed by atoms with van der Waals surface area (Å²) in [5.41, 5.74) is 9.97. The molecule has 0 aliphatic carbocycles. The summed E-state index contributed by atoms with van der Waals surface area (Å²) in [6, 6.07) is 51.1. The molecule has 10 rings (SSSR count). The van der Waals surface area contributed by atoms with Crippen molar-refractivity contribution in [1.82, 2.24) is 14.5 Å². The van der Waals surface area contributed by atoms with Crippen LogP contribution in [-0.2, 0) is 0 Å². The SMILES string of the molecule is c1ccc(-c2nc3ccccc3c3c2ccc2c4ccccc4n(-c4cccc(-c5nccc6c5oc5ccccc56)c4)c23)cc1. The van der Waals surface area contributed by atoms with E-state index in [0.29, 0.717) is 0 Å². The Balaban J connectivity index is 1.32. The smallest absolute Gasteiger partial charge is 0.161 e. The maximum atomic E-state index is 6.39. The van der Waals surface area contributed by atoms with E-state index in [-0.39, 0.29) is 0 Å². The molecule has 4 aromatic heterocycles. The molecule has 0 saturated carbocycles. The first-order valence-electron chi connectivity index (χ1n) is 15.5. The molecule has 0 unspecified atom stereocenters. The molecule has 0 spiro atoms. The fourth-order valence-corrected chi connectivity index (χ4v) is 7.22. The largest absolute Gasteiger partial charge is 0.454 e. The quantitative estimate of drug-likeness (QED) is 0.193. The Labute approximate surface area is 263 Å². The summed E-state index contributed by atoms with van der Waals surface area (Å²) >= 11 is 0. The lowest BCUT2D eigenvalue weighted by Gasteiger charge is -2.15. The first kappa shape index (κ1) is 25.1. The molecule has 0 atom stereocenters. The zero-order valence-electron chi connectivity index (χ0n) is 24.7. The molecule has 4 heterocycles. The van der Waals surface area contributed by atoms with Gasteiger partial charge in [0.2, 0.25) is 0 Å². The number of fused-ring (bicyclic) bond motifs is 10. The minimum absolute atomic E-state index is 0.804.